The summed E-state index contributed by atoms with van der Waals surface area (Å²) in [5.41, 5.74) is 0.00852. The highest BCUT2D eigenvalue weighted by molar-refractivity contribution is 9.10. The van der Waals surface area contributed by atoms with Crippen LogP contribution >= 0.6 is 15.9 Å². The van der Waals surface area contributed by atoms with Crippen molar-refractivity contribution in [2.24, 2.45) is 0 Å². The van der Waals surface area contributed by atoms with E-state index in [9.17, 15) is 17.6 Å². The molecular formula is C10H10BrF4N. The van der Waals surface area contributed by atoms with Gasteiger partial charge in [-0.25, -0.2) is 4.39 Å². The first-order chi connectivity index (χ1) is 7.35. The smallest absolute Gasteiger partial charge is 0.313 e. The third-order valence-electron chi connectivity index (χ3n) is 2.14. The molecule has 1 atom stereocenters. The Balaban J connectivity index is 3.00. The molecule has 1 unspecified atom stereocenters. The van der Waals surface area contributed by atoms with Crippen LogP contribution in [0, 0.1) is 5.82 Å². The first kappa shape index (κ1) is 13.4. The van der Waals surface area contributed by atoms with E-state index in [0.717, 1.165) is 0 Å². The van der Waals surface area contributed by atoms with Crippen molar-refractivity contribution in [3.8, 4) is 0 Å². The van der Waals surface area contributed by atoms with Crippen molar-refractivity contribution in [3.63, 3.8) is 0 Å². The topological polar surface area (TPSA) is 12.0 Å². The third-order valence-corrected chi connectivity index (χ3v) is 2.75. The maximum atomic E-state index is 13.6. The minimum absolute atomic E-state index is 0.00852. The summed E-state index contributed by atoms with van der Waals surface area (Å²) in [6.07, 6.45) is -5.43. The normalized spacial score (nSPS) is 13.9. The molecule has 0 aliphatic rings. The van der Waals surface area contributed by atoms with E-state index in [-0.39, 0.29) is 10.0 Å². The fourth-order valence-corrected chi connectivity index (χ4v) is 1.77. The summed E-state index contributed by atoms with van der Waals surface area (Å²) in [6, 6.07) is 3.22. The van der Waals surface area contributed by atoms with Crippen molar-refractivity contribution in [3.05, 3.63) is 34.1 Å². The molecule has 0 aliphatic carbocycles. The average molecular weight is 300 g/mol. The van der Waals surface area contributed by atoms with Crippen LogP contribution in [0.4, 0.5) is 17.6 Å². The van der Waals surface area contributed by atoms with Crippen LogP contribution in [0.15, 0.2) is 22.7 Å². The van der Waals surface area contributed by atoms with Gasteiger partial charge >= 0.3 is 6.18 Å². The van der Waals surface area contributed by atoms with Gasteiger partial charge in [0.15, 0.2) is 0 Å². The highest BCUT2D eigenvalue weighted by Crippen LogP contribution is 2.32. The van der Waals surface area contributed by atoms with Gasteiger partial charge in [0, 0.05) is 11.6 Å². The fraction of sp³-hybridized carbons (Fsp3) is 0.400. The van der Waals surface area contributed by atoms with E-state index in [1.165, 1.54) is 25.2 Å². The van der Waals surface area contributed by atoms with E-state index < -0.39 is 24.5 Å². The number of hydrogen-bond donors (Lipinski definition) is 1. The number of alkyl halides is 3. The first-order valence-electron chi connectivity index (χ1n) is 4.53. The summed E-state index contributed by atoms with van der Waals surface area (Å²) in [6.45, 7) is 0. The SMILES string of the molecule is CNC(CC(F)(F)F)c1cccc(Br)c1F. The predicted molar refractivity (Wildman–Crippen MR) is 56.6 cm³/mol. The quantitative estimate of drug-likeness (QED) is 0.837. The van der Waals surface area contributed by atoms with E-state index in [1.807, 2.05) is 0 Å². The lowest BCUT2D eigenvalue weighted by atomic mass is 10.0. The largest absolute Gasteiger partial charge is 0.390 e. The molecular weight excluding hydrogens is 290 g/mol. The maximum Gasteiger partial charge on any atom is 0.390 e. The molecule has 0 fully saturated rings. The molecule has 1 aromatic rings. The molecule has 1 nitrogen and oxygen atoms in total. The van der Waals surface area contributed by atoms with Crippen molar-refractivity contribution in [2.75, 3.05) is 7.05 Å². The zero-order valence-corrected chi connectivity index (χ0v) is 9.99. The van der Waals surface area contributed by atoms with Crippen molar-refractivity contribution in [1.29, 1.82) is 0 Å². The highest BCUT2D eigenvalue weighted by atomic mass is 79.9. The monoisotopic (exact) mass is 299 g/mol. The van der Waals surface area contributed by atoms with Gasteiger partial charge in [0.05, 0.1) is 10.9 Å². The lowest BCUT2D eigenvalue weighted by molar-refractivity contribution is -0.140. The second kappa shape index (κ2) is 5.14. The van der Waals surface area contributed by atoms with Crippen LogP contribution in [0.5, 0.6) is 0 Å². The molecule has 1 aromatic carbocycles. The number of nitrogens with one attached hydrogen (secondary N) is 1. The number of rotatable bonds is 3. The van der Waals surface area contributed by atoms with Crippen LogP contribution in [0.3, 0.4) is 0 Å². The van der Waals surface area contributed by atoms with Gasteiger partial charge in [0.25, 0.3) is 0 Å². The van der Waals surface area contributed by atoms with Gasteiger partial charge in [-0.2, -0.15) is 13.2 Å². The lowest BCUT2D eigenvalue weighted by Gasteiger charge is -2.19. The highest BCUT2D eigenvalue weighted by Gasteiger charge is 2.33. The Hall–Kier alpha value is -0.620. The zero-order valence-electron chi connectivity index (χ0n) is 8.41. The van der Waals surface area contributed by atoms with E-state index >= 15 is 0 Å². The van der Waals surface area contributed by atoms with Crippen LogP contribution in [0.1, 0.15) is 18.0 Å². The molecule has 0 spiro atoms. The number of benzene rings is 1. The molecule has 0 saturated carbocycles. The molecule has 0 aromatic heterocycles. The zero-order chi connectivity index (χ0) is 12.3. The Labute approximate surface area is 99.0 Å². The maximum absolute atomic E-state index is 13.6. The Bertz CT molecular complexity index is 364. The molecule has 0 bridgehead atoms. The van der Waals surface area contributed by atoms with Gasteiger partial charge in [0.2, 0.25) is 0 Å². The molecule has 0 saturated heterocycles. The molecule has 6 heteroatoms. The first-order valence-corrected chi connectivity index (χ1v) is 5.32. The summed E-state index contributed by atoms with van der Waals surface area (Å²) in [7, 11) is 1.37. The van der Waals surface area contributed by atoms with Crippen molar-refractivity contribution >= 4 is 15.9 Å². The second-order valence-corrected chi connectivity index (χ2v) is 4.16. The van der Waals surface area contributed by atoms with Crippen LogP contribution in [0.2, 0.25) is 0 Å². The van der Waals surface area contributed by atoms with Crippen molar-refractivity contribution < 1.29 is 17.6 Å². The van der Waals surface area contributed by atoms with E-state index in [2.05, 4.69) is 21.2 Å². The van der Waals surface area contributed by atoms with Gasteiger partial charge in [-0.1, -0.05) is 12.1 Å². The van der Waals surface area contributed by atoms with Gasteiger partial charge in [0.1, 0.15) is 5.82 Å². The summed E-state index contributed by atoms with van der Waals surface area (Å²) in [5, 5.41) is 2.46. The van der Waals surface area contributed by atoms with E-state index in [0.29, 0.717) is 0 Å². The standard InChI is InChI=1S/C10H10BrF4N/c1-16-8(5-10(13,14)15)6-3-2-4-7(11)9(6)12/h2-4,8,16H,5H2,1H3. The van der Waals surface area contributed by atoms with Crippen molar-refractivity contribution in [2.45, 2.75) is 18.6 Å². The molecule has 1 rings (SSSR count). The molecule has 0 aliphatic heterocycles. The van der Waals surface area contributed by atoms with Gasteiger partial charge in [-0.3, -0.25) is 0 Å². The van der Waals surface area contributed by atoms with Crippen molar-refractivity contribution in [1.82, 2.24) is 5.32 Å². The third kappa shape index (κ3) is 3.45. The Morgan fingerprint density at radius 2 is 2.00 bits per heavy atom. The Morgan fingerprint density at radius 3 is 2.50 bits per heavy atom. The fourth-order valence-electron chi connectivity index (χ4n) is 1.39. The lowest BCUT2D eigenvalue weighted by Crippen LogP contribution is -2.24. The second-order valence-electron chi connectivity index (χ2n) is 3.30. The molecule has 16 heavy (non-hydrogen) atoms. The summed E-state index contributed by atoms with van der Waals surface area (Å²) in [5.74, 6) is -0.661. The van der Waals surface area contributed by atoms with Gasteiger partial charge < -0.3 is 5.32 Å². The molecule has 90 valence electrons. The minimum atomic E-state index is -4.33. The Kier molecular flexibility index (Phi) is 4.32. The molecule has 0 amide bonds. The van der Waals surface area contributed by atoms with Gasteiger partial charge in [-0.15, -0.1) is 0 Å². The van der Waals surface area contributed by atoms with Crippen LogP contribution < -0.4 is 5.32 Å². The molecule has 0 radical (unpaired) electrons. The average Bonchev–Trinajstić information content (AvgIpc) is 2.18. The van der Waals surface area contributed by atoms with Crippen LogP contribution in [-0.2, 0) is 0 Å². The van der Waals surface area contributed by atoms with Crippen LogP contribution in [-0.4, -0.2) is 13.2 Å². The molecule has 1 N–H and O–H groups in total. The van der Waals surface area contributed by atoms with E-state index in [1.54, 1.807) is 0 Å². The van der Waals surface area contributed by atoms with Crippen LogP contribution in [0.25, 0.3) is 0 Å². The molecule has 0 heterocycles. The number of halogens is 5. The Morgan fingerprint density at radius 1 is 1.38 bits per heavy atom. The predicted octanol–water partition coefficient (Wildman–Crippen LogP) is 3.80. The van der Waals surface area contributed by atoms with E-state index in [4.69, 9.17) is 0 Å². The summed E-state index contributed by atoms with van der Waals surface area (Å²) < 4.78 is 50.4. The summed E-state index contributed by atoms with van der Waals surface area (Å²) in [4.78, 5) is 0. The van der Waals surface area contributed by atoms with Gasteiger partial charge in [-0.05, 0) is 29.0 Å². The number of hydrogen-bond acceptors (Lipinski definition) is 1. The minimum Gasteiger partial charge on any atom is -0.313 e. The summed E-state index contributed by atoms with van der Waals surface area (Å²) >= 11 is 2.94.